The maximum atomic E-state index is 11.3. The summed E-state index contributed by atoms with van der Waals surface area (Å²) in [5.74, 6) is -0.447. The first kappa shape index (κ1) is 12.4. The standard InChI is InChI=1S/C10H6Cl2N2O2/c11-9(12)8(6-13)16-10(15)14-7-4-2-1-3-5-7/h1-5H,(H,14,15). The summed E-state index contributed by atoms with van der Waals surface area (Å²) >= 11 is 10.6. The van der Waals surface area contributed by atoms with Crippen LogP contribution in [0.25, 0.3) is 0 Å². The highest BCUT2D eigenvalue weighted by Gasteiger charge is 2.09. The predicted octanol–water partition coefficient (Wildman–Crippen LogP) is 3.41. The maximum absolute atomic E-state index is 11.3. The summed E-state index contributed by atoms with van der Waals surface area (Å²) in [5.41, 5.74) is 0.537. The fraction of sp³-hybridized carbons (Fsp3) is 0. The van der Waals surface area contributed by atoms with Crippen LogP contribution in [-0.4, -0.2) is 6.09 Å². The number of hydrogen-bond acceptors (Lipinski definition) is 3. The Hall–Kier alpha value is -1.70. The number of para-hydroxylation sites is 1. The van der Waals surface area contributed by atoms with Crippen molar-refractivity contribution in [1.82, 2.24) is 0 Å². The van der Waals surface area contributed by atoms with Gasteiger partial charge in [0.2, 0.25) is 5.76 Å². The second kappa shape index (κ2) is 6.01. The molecule has 1 aromatic rings. The molecule has 4 nitrogen and oxygen atoms in total. The molecule has 0 atom stereocenters. The number of allylic oxidation sites excluding steroid dienone is 1. The van der Waals surface area contributed by atoms with Crippen molar-refractivity contribution in [2.45, 2.75) is 0 Å². The van der Waals surface area contributed by atoms with Gasteiger partial charge in [0.25, 0.3) is 0 Å². The van der Waals surface area contributed by atoms with Crippen LogP contribution in [0.5, 0.6) is 0 Å². The van der Waals surface area contributed by atoms with Gasteiger partial charge in [-0.15, -0.1) is 0 Å². The van der Waals surface area contributed by atoms with E-state index in [0.717, 1.165) is 0 Å². The largest absolute Gasteiger partial charge is 0.417 e. The average Bonchev–Trinajstić information content (AvgIpc) is 2.27. The molecule has 0 saturated carbocycles. The van der Waals surface area contributed by atoms with Gasteiger partial charge in [0, 0.05) is 5.69 Å². The molecular weight excluding hydrogens is 251 g/mol. The lowest BCUT2D eigenvalue weighted by molar-refractivity contribution is 0.195. The Morgan fingerprint density at radius 3 is 2.44 bits per heavy atom. The Morgan fingerprint density at radius 1 is 1.31 bits per heavy atom. The van der Waals surface area contributed by atoms with Crippen LogP contribution in [0, 0.1) is 11.3 Å². The van der Waals surface area contributed by atoms with Crippen LogP contribution < -0.4 is 5.32 Å². The smallest absolute Gasteiger partial charge is 0.396 e. The number of nitrogens with one attached hydrogen (secondary N) is 1. The molecule has 0 aliphatic rings. The van der Waals surface area contributed by atoms with Gasteiger partial charge >= 0.3 is 6.09 Å². The highest BCUT2D eigenvalue weighted by atomic mass is 35.5. The number of carbonyl (C=O) groups excluding carboxylic acids is 1. The minimum atomic E-state index is -0.832. The molecule has 0 aromatic heterocycles. The van der Waals surface area contributed by atoms with Crippen molar-refractivity contribution in [3.8, 4) is 6.07 Å². The molecule has 6 heteroatoms. The second-order valence-corrected chi connectivity index (χ2v) is 3.53. The van der Waals surface area contributed by atoms with Gasteiger partial charge in [-0.1, -0.05) is 41.4 Å². The number of amides is 1. The van der Waals surface area contributed by atoms with Crippen molar-refractivity contribution in [3.05, 3.63) is 40.6 Å². The lowest BCUT2D eigenvalue weighted by Gasteiger charge is -2.04. The van der Waals surface area contributed by atoms with Gasteiger partial charge in [-0.3, -0.25) is 5.32 Å². The molecule has 0 heterocycles. The molecule has 0 aliphatic heterocycles. The van der Waals surface area contributed by atoms with Crippen LogP contribution in [0.1, 0.15) is 0 Å². The zero-order chi connectivity index (χ0) is 12.0. The third-order valence-corrected chi connectivity index (χ3v) is 1.83. The first-order valence-corrected chi connectivity index (χ1v) is 4.88. The first-order valence-electron chi connectivity index (χ1n) is 4.12. The molecular formula is C10H6Cl2N2O2. The fourth-order valence-electron chi connectivity index (χ4n) is 0.861. The van der Waals surface area contributed by atoms with Crippen molar-refractivity contribution >= 4 is 35.0 Å². The molecule has 0 fully saturated rings. The predicted molar refractivity (Wildman–Crippen MR) is 60.9 cm³/mol. The van der Waals surface area contributed by atoms with Crippen LogP contribution in [0.15, 0.2) is 40.6 Å². The summed E-state index contributed by atoms with van der Waals surface area (Å²) in [6.45, 7) is 0. The molecule has 0 unspecified atom stereocenters. The van der Waals surface area contributed by atoms with Crippen molar-refractivity contribution in [2.24, 2.45) is 0 Å². The third kappa shape index (κ3) is 3.81. The summed E-state index contributed by atoms with van der Waals surface area (Å²) < 4.78 is 4.17. The van der Waals surface area contributed by atoms with Gasteiger partial charge in [0.05, 0.1) is 0 Å². The first-order chi connectivity index (χ1) is 7.63. The quantitative estimate of drug-likeness (QED) is 0.652. The van der Waals surface area contributed by atoms with Crippen molar-refractivity contribution in [2.75, 3.05) is 5.32 Å². The molecule has 0 aliphatic carbocycles. The Kier molecular flexibility index (Phi) is 4.65. The molecule has 1 rings (SSSR count). The lowest BCUT2D eigenvalue weighted by Crippen LogP contribution is -2.13. The van der Waals surface area contributed by atoms with Gasteiger partial charge < -0.3 is 4.74 Å². The topological polar surface area (TPSA) is 62.1 Å². The number of carbonyl (C=O) groups is 1. The zero-order valence-corrected chi connectivity index (χ0v) is 9.42. The van der Waals surface area contributed by atoms with E-state index < -0.39 is 16.3 Å². The Balaban J connectivity index is 2.63. The van der Waals surface area contributed by atoms with Crippen LogP contribution >= 0.6 is 23.2 Å². The number of ether oxygens (including phenoxy) is 1. The van der Waals surface area contributed by atoms with Crippen molar-refractivity contribution < 1.29 is 9.53 Å². The molecule has 0 spiro atoms. The zero-order valence-electron chi connectivity index (χ0n) is 7.91. The second-order valence-electron chi connectivity index (χ2n) is 2.58. The monoisotopic (exact) mass is 256 g/mol. The minimum absolute atomic E-state index is 0.397. The number of hydrogen-bond donors (Lipinski definition) is 1. The summed E-state index contributed by atoms with van der Waals surface area (Å²) in [6.07, 6.45) is -0.832. The molecule has 82 valence electrons. The summed E-state index contributed by atoms with van der Waals surface area (Å²) in [4.78, 5) is 11.3. The molecule has 16 heavy (non-hydrogen) atoms. The van der Waals surface area contributed by atoms with Crippen molar-refractivity contribution in [1.29, 1.82) is 5.26 Å². The SMILES string of the molecule is N#CC(OC(=O)Nc1ccccc1)=C(Cl)Cl. The molecule has 0 saturated heterocycles. The number of nitrogens with zero attached hydrogens (tertiary/aromatic N) is 1. The van der Waals surface area contributed by atoms with Crippen LogP contribution in [-0.2, 0) is 4.74 Å². The summed E-state index contributed by atoms with van der Waals surface area (Å²) in [5, 5.41) is 10.9. The van der Waals surface area contributed by atoms with Crippen LogP contribution in [0.4, 0.5) is 10.5 Å². The maximum Gasteiger partial charge on any atom is 0.417 e. The van der Waals surface area contributed by atoms with Gasteiger partial charge in [0.1, 0.15) is 6.07 Å². The number of benzene rings is 1. The molecule has 1 aromatic carbocycles. The number of rotatable bonds is 2. The summed E-state index contributed by atoms with van der Waals surface area (Å²) in [7, 11) is 0. The van der Waals surface area contributed by atoms with E-state index in [1.807, 2.05) is 0 Å². The van der Waals surface area contributed by atoms with Gasteiger partial charge in [-0.2, -0.15) is 5.26 Å². The Labute approximate surface area is 102 Å². The van der Waals surface area contributed by atoms with E-state index in [9.17, 15) is 4.79 Å². The molecule has 1 amide bonds. The van der Waals surface area contributed by atoms with Crippen molar-refractivity contribution in [3.63, 3.8) is 0 Å². The Bertz CT molecular complexity index is 448. The molecule has 0 radical (unpaired) electrons. The number of nitriles is 1. The van der Waals surface area contributed by atoms with E-state index in [1.54, 1.807) is 36.4 Å². The third-order valence-electron chi connectivity index (χ3n) is 1.49. The lowest BCUT2D eigenvalue weighted by atomic mass is 10.3. The van der Waals surface area contributed by atoms with E-state index >= 15 is 0 Å². The number of halogens is 2. The van der Waals surface area contributed by atoms with E-state index in [0.29, 0.717) is 5.69 Å². The van der Waals surface area contributed by atoms with Gasteiger partial charge in [-0.05, 0) is 12.1 Å². The highest BCUT2D eigenvalue weighted by Crippen LogP contribution is 2.15. The molecule has 1 N–H and O–H groups in total. The van der Waals surface area contributed by atoms with Crippen LogP contribution in [0.3, 0.4) is 0 Å². The van der Waals surface area contributed by atoms with E-state index in [4.69, 9.17) is 28.5 Å². The van der Waals surface area contributed by atoms with Crippen LogP contribution in [0.2, 0.25) is 0 Å². The normalized spacial score (nSPS) is 8.81. The highest BCUT2D eigenvalue weighted by molar-refractivity contribution is 6.56. The fourth-order valence-corrected chi connectivity index (χ4v) is 1.02. The van der Waals surface area contributed by atoms with Gasteiger partial charge in [0.15, 0.2) is 4.49 Å². The minimum Gasteiger partial charge on any atom is -0.396 e. The summed E-state index contributed by atoms with van der Waals surface area (Å²) in [6, 6.07) is 10.2. The molecule has 0 bridgehead atoms. The number of anilines is 1. The van der Waals surface area contributed by atoms with E-state index in [2.05, 4.69) is 10.1 Å². The van der Waals surface area contributed by atoms with E-state index in [-0.39, 0.29) is 0 Å². The Morgan fingerprint density at radius 2 is 1.94 bits per heavy atom. The van der Waals surface area contributed by atoms with E-state index in [1.165, 1.54) is 0 Å². The average molecular weight is 257 g/mol. The van der Waals surface area contributed by atoms with Gasteiger partial charge in [-0.25, -0.2) is 4.79 Å².